The molecule has 0 spiro atoms. The highest BCUT2D eigenvalue weighted by atomic mass is 16.6. The minimum absolute atomic E-state index is 0.0777. The standard InChI is InChI=1S/C38H52O4/c1-4-6-8-10-12-14-17-29-40-31(3)32-21-23-33(24-22-32)34-25-27-35(28-26-34)38(39)42-37-20-16-15-19-36(37)41-30-18-13-11-9-7-5-2/h15-16,19-28,31H,4-14,17-18,29-30H2,1-3H3. The van der Waals surface area contributed by atoms with Crippen LogP contribution >= 0.6 is 0 Å². The first-order valence-electron chi connectivity index (χ1n) is 16.4. The Kier molecular flexibility index (Phi) is 15.8. The summed E-state index contributed by atoms with van der Waals surface area (Å²) in [5, 5.41) is 0. The van der Waals surface area contributed by atoms with Crippen LogP contribution in [0.3, 0.4) is 0 Å². The Labute approximate surface area is 254 Å². The van der Waals surface area contributed by atoms with Crippen LogP contribution < -0.4 is 9.47 Å². The van der Waals surface area contributed by atoms with E-state index in [0.29, 0.717) is 23.7 Å². The van der Waals surface area contributed by atoms with E-state index < -0.39 is 0 Å². The molecule has 0 saturated heterocycles. The zero-order chi connectivity index (χ0) is 29.8. The molecule has 0 aliphatic carbocycles. The lowest BCUT2D eigenvalue weighted by molar-refractivity contribution is 0.0627. The summed E-state index contributed by atoms with van der Waals surface area (Å²) in [6, 6.07) is 23.5. The number of hydrogen-bond donors (Lipinski definition) is 0. The van der Waals surface area contributed by atoms with E-state index in [1.54, 1.807) is 6.07 Å². The van der Waals surface area contributed by atoms with E-state index in [4.69, 9.17) is 14.2 Å². The predicted octanol–water partition coefficient (Wildman–Crippen LogP) is 11.1. The van der Waals surface area contributed by atoms with Crippen LogP contribution in [-0.4, -0.2) is 19.2 Å². The van der Waals surface area contributed by atoms with Crippen molar-refractivity contribution in [1.82, 2.24) is 0 Å². The van der Waals surface area contributed by atoms with Crippen LogP contribution in [0.4, 0.5) is 0 Å². The lowest BCUT2D eigenvalue weighted by atomic mass is 10.0. The van der Waals surface area contributed by atoms with Gasteiger partial charge in [-0.1, -0.05) is 133 Å². The molecular weight excluding hydrogens is 520 g/mol. The first kappa shape index (κ1) is 33.4. The molecule has 3 aromatic rings. The lowest BCUT2D eigenvalue weighted by Crippen LogP contribution is -2.10. The smallest absolute Gasteiger partial charge is 0.343 e. The molecule has 4 heteroatoms. The maximum Gasteiger partial charge on any atom is 0.343 e. The van der Waals surface area contributed by atoms with Gasteiger partial charge in [0.25, 0.3) is 0 Å². The summed E-state index contributed by atoms with van der Waals surface area (Å²) in [5.41, 5.74) is 3.84. The van der Waals surface area contributed by atoms with Crippen LogP contribution in [0, 0.1) is 0 Å². The van der Waals surface area contributed by atoms with Crippen LogP contribution in [0.2, 0.25) is 0 Å². The van der Waals surface area contributed by atoms with Crippen molar-refractivity contribution in [2.45, 2.75) is 110 Å². The van der Waals surface area contributed by atoms with Gasteiger partial charge in [-0.25, -0.2) is 4.79 Å². The number of rotatable bonds is 21. The summed E-state index contributed by atoms with van der Waals surface area (Å²) >= 11 is 0. The van der Waals surface area contributed by atoms with Crippen LogP contribution in [0.1, 0.15) is 126 Å². The van der Waals surface area contributed by atoms with Gasteiger partial charge in [-0.15, -0.1) is 0 Å². The molecule has 0 radical (unpaired) electrons. The second-order valence-electron chi connectivity index (χ2n) is 11.3. The quantitative estimate of drug-likeness (QED) is 0.0723. The average molecular weight is 573 g/mol. The van der Waals surface area contributed by atoms with Crippen LogP contribution in [0.25, 0.3) is 11.1 Å². The minimum Gasteiger partial charge on any atom is -0.490 e. The van der Waals surface area contributed by atoms with Crippen LogP contribution in [0.15, 0.2) is 72.8 Å². The molecule has 0 heterocycles. The van der Waals surface area contributed by atoms with Crippen molar-refractivity contribution in [3.05, 3.63) is 83.9 Å². The van der Waals surface area contributed by atoms with Gasteiger partial charge in [0.2, 0.25) is 0 Å². The fourth-order valence-electron chi connectivity index (χ4n) is 5.04. The molecule has 1 unspecified atom stereocenters. The van der Waals surface area contributed by atoms with Crippen LogP contribution in [-0.2, 0) is 4.74 Å². The zero-order valence-electron chi connectivity index (χ0n) is 26.2. The Morgan fingerprint density at radius 2 is 1.10 bits per heavy atom. The fourth-order valence-corrected chi connectivity index (χ4v) is 5.04. The van der Waals surface area contributed by atoms with E-state index >= 15 is 0 Å². The lowest BCUT2D eigenvalue weighted by Gasteiger charge is -2.14. The Hall–Kier alpha value is -3.11. The molecule has 0 saturated carbocycles. The molecule has 228 valence electrons. The first-order valence-corrected chi connectivity index (χ1v) is 16.4. The molecular formula is C38H52O4. The fraction of sp³-hybridized carbons (Fsp3) is 0.500. The van der Waals surface area contributed by atoms with Crippen LogP contribution in [0.5, 0.6) is 11.5 Å². The number of ether oxygens (including phenoxy) is 3. The summed E-state index contributed by atoms with van der Waals surface area (Å²) in [7, 11) is 0. The molecule has 0 N–H and O–H groups in total. The molecule has 0 amide bonds. The van der Waals surface area contributed by atoms with Crippen molar-refractivity contribution >= 4 is 5.97 Å². The topological polar surface area (TPSA) is 44.8 Å². The summed E-state index contributed by atoms with van der Waals surface area (Å²) in [4.78, 5) is 12.9. The summed E-state index contributed by atoms with van der Waals surface area (Å²) in [6.45, 7) is 8.03. The van der Waals surface area contributed by atoms with Crippen molar-refractivity contribution in [1.29, 1.82) is 0 Å². The normalized spacial score (nSPS) is 11.8. The van der Waals surface area contributed by atoms with Crippen molar-refractivity contribution < 1.29 is 19.0 Å². The second kappa shape index (κ2) is 19.9. The highest BCUT2D eigenvalue weighted by Gasteiger charge is 2.13. The number of para-hydroxylation sites is 2. The third-order valence-electron chi connectivity index (χ3n) is 7.76. The van der Waals surface area contributed by atoms with E-state index in [1.165, 1.54) is 69.8 Å². The van der Waals surface area contributed by atoms with Gasteiger partial charge in [-0.05, 0) is 60.7 Å². The molecule has 3 rings (SSSR count). The molecule has 0 aliphatic heterocycles. The number of carbonyl (C=O) groups excluding carboxylic acids is 1. The van der Waals surface area contributed by atoms with Gasteiger partial charge in [-0.2, -0.15) is 0 Å². The Balaban J connectivity index is 1.45. The average Bonchev–Trinajstić information content (AvgIpc) is 3.02. The van der Waals surface area contributed by atoms with Gasteiger partial charge in [0, 0.05) is 6.61 Å². The van der Waals surface area contributed by atoms with E-state index in [0.717, 1.165) is 37.0 Å². The van der Waals surface area contributed by atoms with E-state index in [1.807, 2.05) is 42.5 Å². The molecule has 0 aromatic heterocycles. The maximum absolute atomic E-state index is 12.9. The van der Waals surface area contributed by atoms with E-state index in [-0.39, 0.29) is 12.1 Å². The number of hydrogen-bond acceptors (Lipinski definition) is 4. The number of unbranched alkanes of at least 4 members (excludes halogenated alkanes) is 11. The SMILES string of the molecule is CCCCCCCCCOC(C)c1ccc(-c2ccc(C(=O)Oc3ccccc3OCCCCCCCC)cc2)cc1. The molecule has 1 atom stereocenters. The first-order chi connectivity index (χ1) is 20.6. The Bertz CT molecular complexity index is 1140. The van der Waals surface area contributed by atoms with Gasteiger partial charge >= 0.3 is 5.97 Å². The highest BCUT2D eigenvalue weighted by Crippen LogP contribution is 2.29. The summed E-state index contributed by atoms with van der Waals surface area (Å²) < 4.78 is 17.8. The molecule has 0 aliphatic rings. The van der Waals surface area contributed by atoms with Crippen molar-refractivity contribution in [3.8, 4) is 22.6 Å². The van der Waals surface area contributed by atoms with Crippen molar-refractivity contribution in [2.75, 3.05) is 13.2 Å². The summed E-state index contributed by atoms with van der Waals surface area (Å²) in [6.07, 6.45) is 16.3. The van der Waals surface area contributed by atoms with Crippen molar-refractivity contribution in [2.24, 2.45) is 0 Å². The number of esters is 1. The number of benzene rings is 3. The number of carbonyl (C=O) groups is 1. The van der Waals surface area contributed by atoms with E-state index in [9.17, 15) is 4.79 Å². The third kappa shape index (κ3) is 12.0. The zero-order valence-corrected chi connectivity index (χ0v) is 26.2. The van der Waals surface area contributed by atoms with Gasteiger partial charge in [0.15, 0.2) is 11.5 Å². The highest BCUT2D eigenvalue weighted by molar-refractivity contribution is 5.92. The third-order valence-corrected chi connectivity index (χ3v) is 7.76. The van der Waals surface area contributed by atoms with Gasteiger partial charge in [0.05, 0.1) is 18.3 Å². The molecule has 0 fully saturated rings. The van der Waals surface area contributed by atoms with Crippen molar-refractivity contribution in [3.63, 3.8) is 0 Å². The largest absolute Gasteiger partial charge is 0.490 e. The summed E-state index contributed by atoms with van der Waals surface area (Å²) in [5.74, 6) is 0.674. The molecule has 42 heavy (non-hydrogen) atoms. The Morgan fingerprint density at radius 3 is 1.69 bits per heavy atom. The molecule has 3 aromatic carbocycles. The maximum atomic E-state index is 12.9. The predicted molar refractivity (Wildman–Crippen MR) is 175 cm³/mol. The second-order valence-corrected chi connectivity index (χ2v) is 11.3. The monoisotopic (exact) mass is 572 g/mol. The van der Waals surface area contributed by atoms with Gasteiger partial charge < -0.3 is 14.2 Å². The van der Waals surface area contributed by atoms with Gasteiger partial charge in [0.1, 0.15) is 0 Å². The molecule has 4 nitrogen and oxygen atoms in total. The molecule has 0 bridgehead atoms. The van der Waals surface area contributed by atoms with Gasteiger partial charge in [-0.3, -0.25) is 0 Å². The minimum atomic E-state index is -0.389. The Morgan fingerprint density at radius 1 is 0.595 bits per heavy atom. The van der Waals surface area contributed by atoms with E-state index in [2.05, 4.69) is 45.0 Å².